The number of carbonyl (C=O) groups is 2. The highest BCUT2D eigenvalue weighted by Crippen LogP contribution is 2.11. The highest BCUT2D eigenvalue weighted by molar-refractivity contribution is 5.80. The van der Waals surface area contributed by atoms with Crippen molar-refractivity contribution in [3.8, 4) is 0 Å². The number of nitrogens with zero attached hydrogens (tertiary/aromatic N) is 1. The van der Waals surface area contributed by atoms with Gasteiger partial charge in [0.25, 0.3) is 5.91 Å². The van der Waals surface area contributed by atoms with E-state index >= 15 is 0 Å². The van der Waals surface area contributed by atoms with Crippen molar-refractivity contribution in [2.24, 2.45) is 0 Å². The highest BCUT2D eigenvalue weighted by Gasteiger charge is 2.28. The molecule has 1 aliphatic rings. The van der Waals surface area contributed by atoms with Crippen LogP contribution in [0.2, 0.25) is 0 Å². The van der Waals surface area contributed by atoms with Crippen LogP contribution < -0.4 is 0 Å². The lowest BCUT2D eigenvalue weighted by Crippen LogP contribution is -2.49. The Hall–Kier alpha value is -1.18. The molecular formula is C13H23NO6. The van der Waals surface area contributed by atoms with Gasteiger partial charge >= 0.3 is 5.97 Å². The zero-order chi connectivity index (χ0) is 15.0. The van der Waals surface area contributed by atoms with Crippen LogP contribution in [0.4, 0.5) is 0 Å². The van der Waals surface area contributed by atoms with Crippen molar-refractivity contribution in [1.29, 1.82) is 0 Å². The first-order valence-corrected chi connectivity index (χ1v) is 6.86. The first-order chi connectivity index (χ1) is 9.54. The molecule has 20 heavy (non-hydrogen) atoms. The van der Waals surface area contributed by atoms with Crippen LogP contribution in [0, 0.1) is 0 Å². The lowest BCUT2D eigenvalue weighted by Gasteiger charge is -2.33. The number of carboxylic acid groups (broad SMARTS) is 1. The first-order valence-electron chi connectivity index (χ1n) is 6.86. The summed E-state index contributed by atoms with van der Waals surface area (Å²) < 4.78 is 15.9. The fourth-order valence-electron chi connectivity index (χ4n) is 1.99. The Bertz CT molecular complexity index is 322. The highest BCUT2D eigenvalue weighted by atomic mass is 16.5. The van der Waals surface area contributed by atoms with Gasteiger partial charge < -0.3 is 24.2 Å². The molecule has 7 nitrogen and oxygen atoms in total. The maximum absolute atomic E-state index is 12.2. The summed E-state index contributed by atoms with van der Waals surface area (Å²) in [6.07, 6.45) is -1.09. The Morgan fingerprint density at radius 1 is 1.45 bits per heavy atom. The maximum Gasteiger partial charge on any atom is 0.306 e. The minimum absolute atomic E-state index is 0.0939. The Morgan fingerprint density at radius 3 is 2.85 bits per heavy atom. The van der Waals surface area contributed by atoms with E-state index in [-0.39, 0.29) is 12.3 Å². The molecule has 1 aliphatic heterocycles. The van der Waals surface area contributed by atoms with E-state index in [2.05, 4.69) is 0 Å². The Balaban J connectivity index is 2.35. The van der Waals surface area contributed by atoms with Crippen LogP contribution >= 0.6 is 0 Å². The molecule has 1 fully saturated rings. The van der Waals surface area contributed by atoms with Crippen molar-refractivity contribution in [3.05, 3.63) is 0 Å². The summed E-state index contributed by atoms with van der Waals surface area (Å²) in [6.45, 7) is 6.14. The molecule has 0 aromatic rings. The van der Waals surface area contributed by atoms with Crippen molar-refractivity contribution in [1.82, 2.24) is 4.90 Å². The average molecular weight is 289 g/mol. The van der Waals surface area contributed by atoms with Crippen LogP contribution in [-0.2, 0) is 23.8 Å². The summed E-state index contributed by atoms with van der Waals surface area (Å²) in [6, 6.07) is 0. The number of ether oxygens (including phenoxy) is 3. The number of hydrogen-bond acceptors (Lipinski definition) is 5. The van der Waals surface area contributed by atoms with Crippen molar-refractivity contribution in [3.63, 3.8) is 0 Å². The Morgan fingerprint density at radius 2 is 2.20 bits per heavy atom. The monoisotopic (exact) mass is 289 g/mol. The minimum Gasteiger partial charge on any atom is -0.481 e. The second-order valence-electron chi connectivity index (χ2n) is 4.58. The van der Waals surface area contributed by atoms with Crippen LogP contribution in [0.1, 0.15) is 20.3 Å². The van der Waals surface area contributed by atoms with Crippen LogP contribution in [-0.4, -0.2) is 73.6 Å². The van der Waals surface area contributed by atoms with Crippen LogP contribution in [0.3, 0.4) is 0 Å². The molecule has 0 spiro atoms. The third-order valence-electron chi connectivity index (χ3n) is 3.00. The third-order valence-corrected chi connectivity index (χ3v) is 3.00. The SMILES string of the molecule is CCOCCOC(C)C(=O)N1CCOC(CC(=O)O)C1. The van der Waals surface area contributed by atoms with E-state index in [4.69, 9.17) is 19.3 Å². The van der Waals surface area contributed by atoms with E-state index in [9.17, 15) is 9.59 Å². The van der Waals surface area contributed by atoms with Gasteiger partial charge in [-0.15, -0.1) is 0 Å². The zero-order valence-corrected chi connectivity index (χ0v) is 12.0. The summed E-state index contributed by atoms with van der Waals surface area (Å²) in [5, 5.41) is 8.74. The molecule has 2 atom stereocenters. The van der Waals surface area contributed by atoms with E-state index < -0.39 is 18.2 Å². The quantitative estimate of drug-likeness (QED) is 0.639. The van der Waals surface area contributed by atoms with Crippen molar-refractivity contribution >= 4 is 11.9 Å². The van der Waals surface area contributed by atoms with Gasteiger partial charge in [0.2, 0.25) is 0 Å². The first kappa shape index (κ1) is 16.9. The van der Waals surface area contributed by atoms with Gasteiger partial charge in [-0.05, 0) is 13.8 Å². The number of aliphatic carboxylic acids is 1. The predicted octanol–water partition coefficient (Wildman–Crippen LogP) is 0.130. The number of carbonyl (C=O) groups excluding carboxylic acids is 1. The molecule has 0 bridgehead atoms. The molecule has 7 heteroatoms. The molecule has 2 unspecified atom stereocenters. The second-order valence-corrected chi connectivity index (χ2v) is 4.58. The summed E-state index contributed by atoms with van der Waals surface area (Å²) in [7, 11) is 0. The predicted molar refractivity (Wildman–Crippen MR) is 70.5 cm³/mol. The molecule has 1 amide bonds. The van der Waals surface area contributed by atoms with Crippen molar-refractivity contribution < 1.29 is 28.9 Å². The maximum atomic E-state index is 12.2. The van der Waals surface area contributed by atoms with E-state index in [0.717, 1.165) is 0 Å². The average Bonchev–Trinajstić information content (AvgIpc) is 2.42. The molecule has 1 rings (SSSR count). The summed E-state index contributed by atoms with van der Waals surface area (Å²) in [5.41, 5.74) is 0. The lowest BCUT2D eigenvalue weighted by atomic mass is 10.2. The number of hydrogen-bond donors (Lipinski definition) is 1. The molecule has 116 valence electrons. The number of morpholine rings is 1. The van der Waals surface area contributed by atoms with E-state index in [1.807, 2.05) is 6.92 Å². The summed E-state index contributed by atoms with van der Waals surface area (Å²) >= 11 is 0. The number of amides is 1. The van der Waals surface area contributed by atoms with E-state index in [1.165, 1.54) is 0 Å². The van der Waals surface area contributed by atoms with Crippen molar-refractivity contribution in [2.45, 2.75) is 32.5 Å². The third kappa shape index (κ3) is 5.85. The molecule has 1 saturated heterocycles. The standard InChI is InChI=1S/C13H23NO6/c1-3-18-6-7-19-10(2)13(17)14-4-5-20-11(9-14)8-12(15)16/h10-11H,3-9H2,1-2H3,(H,15,16). The largest absolute Gasteiger partial charge is 0.481 e. The van der Waals surface area contributed by atoms with Gasteiger partial charge in [-0.1, -0.05) is 0 Å². The van der Waals surface area contributed by atoms with Crippen molar-refractivity contribution in [2.75, 3.05) is 39.5 Å². The van der Waals surface area contributed by atoms with Crippen LogP contribution in [0.25, 0.3) is 0 Å². The fraction of sp³-hybridized carbons (Fsp3) is 0.846. The molecule has 0 aromatic carbocycles. The zero-order valence-electron chi connectivity index (χ0n) is 12.0. The lowest BCUT2D eigenvalue weighted by molar-refractivity contribution is -0.154. The second kappa shape index (κ2) is 8.89. The van der Waals surface area contributed by atoms with Gasteiger partial charge in [0.05, 0.1) is 32.3 Å². The normalized spacial score (nSPS) is 20.7. The molecule has 1 heterocycles. The fourth-order valence-corrected chi connectivity index (χ4v) is 1.99. The van der Waals surface area contributed by atoms with Gasteiger partial charge in [-0.2, -0.15) is 0 Å². The topological polar surface area (TPSA) is 85.3 Å². The smallest absolute Gasteiger partial charge is 0.306 e. The Labute approximate surface area is 118 Å². The number of carboxylic acids is 1. The molecule has 1 N–H and O–H groups in total. The molecule has 0 saturated carbocycles. The number of rotatable bonds is 8. The van der Waals surface area contributed by atoms with E-state index in [1.54, 1.807) is 11.8 Å². The van der Waals surface area contributed by atoms with Gasteiger partial charge in [-0.25, -0.2) is 0 Å². The minimum atomic E-state index is -0.926. The molecule has 0 aromatic heterocycles. The summed E-state index contributed by atoms with van der Waals surface area (Å²) in [5.74, 6) is -1.06. The molecular weight excluding hydrogens is 266 g/mol. The molecule has 0 aliphatic carbocycles. The van der Waals surface area contributed by atoms with Crippen LogP contribution in [0.15, 0.2) is 0 Å². The van der Waals surface area contributed by atoms with Gasteiger partial charge in [0.1, 0.15) is 6.10 Å². The van der Waals surface area contributed by atoms with Gasteiger partial charge in [0, 0.05) is 19.7 Å². The van der Waals surface area contributed by atoms with Gasteiger partial charge in [-0.3, -0.25) is 9.59 Å². The Kier molecular flexibility index (Phi) is 7.50. The van der Waals surface area contributed by atoms with Crippen LogP contribution in [0.5, 0.6) is 0 Å². The van der Waals surface area contributed by atoms with E-state index in [0.29, 0.717) is 39.5 Å². The molecule has 0 radical (unpaired) electrons. The van der Waals surface area contributed by atoms with Gasteiger partial charge in [0.15, 0.2) is 0 Å². The summed E-state index contributed by atoms with van der Waals surface area (Å²) in [4.78, 5) is 24.4.